The molecule has 0 atom stereocenters. The van der Waals surface area contributed by atoms with Crippen LogP contribution in [0.4, 0.5) is 5.69 Å². The molecule has 1 aliphatic carbocycles. The fourth-order valence-electron chi connectivity index (χ4n) is 3.52. The van der Waals surface area contributed by atoms with Gasteiger partial charge in [-0.05, 0) is 71.1 Å². The minimum absolute atomic E-state index is 0.102. The van der Waals surface area contributed by atoms with E-state index in [1.807, 2.05) is 36.4 Å². The van der Waals surface area contributed by atoms with Crippen molar-refractivity contribution in [1.29, 1.82) is 0 Å². The number of anilines is 1. The highest BCUT2D eigenvalue weighted by atomic mass is 16.1. The SMILES string of the molecule is O=C(Nc1ccc(-n2cnnn2)cc1)c1ccc(C2CCCCC2)cc1. The van der Waals surface area contributed by atoms with Crippen molar-refractivity contribution in [2.45, 2.75) is 38.0 Å². The third-order valence-electron chi connectivity index (χ3n) is 4.99. The molecular formula is C20H21N5O. The molecule has 1 N–H and O–H groups in total. The van der Waals surface area contributed by atoms with E-state index in [1.165, 1.54) is 44.0 Å². The predicted octanol–water partition coefficient (Wildman–Crippen LogP) is 3.96. The van der Waals surface area contributed by atoms with E-state index < -0.39 is 0 Å². The van der Waals surface area contributed by atoms with Crippen LogP contribution in [0.5, 0.6) is 0 Å². The Bertz CT molecular complexity index is 850. The van der Waals surface area contributed by atoms with Crippen LogP contribution in [-0.4, -0.2) is 26.1 Å². The van der Waals surface area contributed by atoms with Crippen molar-refractivity contribution in [3.8, 4) is 5.69 Å². The van der Waals surface area contributed by atoms with Crippen LogP contribution in [-0.2, 0) is 0 Å². The summed E-state index contributed by atoms with van der Waals surface area (Å²) < 4.78 is 1.57. The Balaban J connectivity index is 1.41. The van der Waals surface area contributed by atoms with Crippen LogP contribution in [0.25, 0.3) is 5.69 Å². The Morgan fingerprint density at radius 3 is 2.35 bits per heavy atom. The number of amides is 1. The lowest BCUT2D eigenvalue weighted by Gasteiger charge is -2.22. The van der Waals surface area contributed by atoms with Crippen molar-refractivity contribution in [3.63, 3.8) is 0 Å². The normalized spacial score (nSPS) is 14.9. The Morgan fingerprint density at radius 1 is 0.962 bits per heavy atom. The average molecular weight is 347 g/mol. The molecule has 4 rings (SSSR count). The molecule has 0 aliphatic heterocycles. The van der Waals surface area contributed by atoms with Gasteiger partial charge in [0.15, 0.2) is 0 Å². The maximum atomic E-state index is 12.5. The van der Waals surface area contributed by atoms with E-state index in [2.05, 4.69) is 33.0 Å². The van der Waals surface area contributed by atoms with E-state index in [0.29, 0.717) is 11.5 Å². The van der Waals surface area contributed by atoms with Crippen LogP contribution in [0.2, 0.25) is 0 Å². The van der Waals surface area contributed by atoms with Crippen molar-refractivity contribution < 1.29 is 4.79 Å². The molecule has 6 nitrogen and oxygen atoms in total. The second-order valence-corrected chi connectivity index (χ2v) is 6.71. The van der Waals surface area contributed by atoms with Crippen LogP contribution in [0, 0.1) is 0 Å². The second kappa shape index (κ2) is 7.47. The number of hydrogen-bond donors (Lipinski definition) is 1. The summed E-state index contributed by atoms with van der Waals surface area (Å²) in [6, 6.07) is 15.5. The van der Waals surface area contributed by atoms with Gasteiger partial charge in [-0.2, -0.15) is 0 Å². The summed E-state index contributed by atoms with van der Waals surface area (Å²) in [5.41, 5.74) is 3.61. The Kier molecular flexibility index (Phi) is 4.73. The van der Waals surface area contributed by atoms with Crippen LogP contribution >= 0.6 is 0 Å². The smallest absolute Gasteiger partial charge is 0.255 e. The average Bonchev–Trinajstić information content (AvgIpc) is 3.24. The van der Waals surface area contributed by atoms with Gasteiger partial charge in [-0.15, -0.1) is 5.10 Å². The first-order valence-electron chi connectivity index (χ1n) is 9.04. The van der Waals surface area contributed by atoms with Crippen molar-refractivity contribution in [1.82, 2.24) is 20.2 Å². The third-order valence-corrected chi connectivity index (χ3v) is 4.99. The largest absolute Gasteiger partial charge is 0.322 e. The van der Waals surface area contributed by atoms with Gasteiger partial charge in [0.1, 0.15) is 6.33 Å². The Morgan fingerprint density at radius 2 is 1.69 bits per heavy atom. The molecule has 3 aromatic rings. The summed E-state index contributed by atoms with van der Waals surface area (Å²) in [5.74, 6) is 0.551. The van der Waals surface area contributed by atoms with E-state index in [9.17, 15) is 4.79 Å². The molecule has 0 spiro atoms. The zero-order valence-electron chi connectivity index (χ0n) is 14.5. The van der Waals surface area contributed by atoms with Gasteiger partial charge in [-0.3, -0.25) is 4.79 Å². The first kappa shape index (κ1) is 16.4. The molecule has 1 amide bonds. The molecule has 0 bridgehead atoms. The molecular weight excluding hydrogens is 326 g/mol. The molecule has 1 aromatic heterocycles. The molecule has 26 heavy (non-hydrogen) atoms. The highest BCUT2D eigenvalue weighted by molar-refractivity contribution is 6.04. The topological polar surface area (TPSA) is 72.7 Å². The maximum absolute atomic E-state index is 12.5. The molecule has 132 valence electrons. The molecule has 1 heterocycles. The summed E-state index contributed by atoms with van der Waals surface area (Å²) >= 11 is 0. The van der Waals surface area contributed by atoms with Crippen molar-refractivity contribution in [2.24, 2.45) is 0 Å². The molecule has 1 fully saturated rings. The van der Waals surface area contributed by atoms with Crippen LogP contribution in [0.1, 0.15) is 53.9 Å². The predicted molar refractivity (Wildman–Crippen MR) is 99.4 cm³/mol. The van der Waals surface area contributed by atoms with Gasteiger partial charge < -0.3 is 5.32 Å². The molecule has 0 unspecified atom stereocenters. The van der Waals surface area contributed by atoms with Gasteiger partial charge in [-0.1, -0.05) is 31.4 Å². The van der Waals surface area contributed by atoms with Crippen LogP contribution in [0.15, 0.2) is 54.9 Å². The quantitative estimate of drug-likeness (QED) is 0.775. The summed E-state index contributed by atoms with van der Waals surface area (Å²) in [7, 11) is 0. The lowest BCUT2D eigenvalue weighted by atomic mass is 9.84. The zero-order valence-corrected chi connectivity index (χ0v) is 14.5. The molecule has 0 radical (unpaired) electrons. The van der Waals surface area contributed by atoms with Crippen molar-refractivity contribution in [3.05, 3.63) is 66.0 Å². The molecule has 2 aromatic carbocycles. The van der Waals surface area contributed by atoms with E-state index in [4.69, 9.17) is 0 Å². The number of tetrazole rings is 1. The summed E-state index contributed by atoms with van der Waals surface area (Å²) in [6.45, 7) is 0. The second-order valence-electron chi connectivity index (χ2n) is 6.71. The number of carbonyl (C=O) groups excluding carboxylic acids is 1. The summed E-state index contributed by atoms with van der Waals surface area (Å²) in [5, 5.41) is 14.0. The van der Waals surface area contributed by atoms with Gasteiger partial charge in [-0.25, -0.2) is 4.68 Å². The van der Waals surface area contributed by atoms with Gasteiger partial charge >= 0.3 is 0 Å². The van der Waals surface area contributed by atoms with E-state index in [-0.39, 0.29) is 5.91 Å². The Labute approximate surface area is 152 Å². The van der Waals surface area contributed by atoms with Crippen molar-refractivity contribution >= 4 is 11.6 Å². The highest BCUT2D eigenvalue weighted by Gasteiger charge is 2.16. The molecule has 1 saturated carbocycles. The minimum atomic E-state index is -0.102. The number of aromatic nitrogens is 4. The van der Waals surface area contributed by atoms with Crippen molar-refractivity contribution in [2.75, 3.05) is 5.32 Å². The number of nitrogens with zero attached hydrogens (tertiary/aromatic N) is 4. The molecule has 0 saturated heterocycles. The van der Waals surface area contributed by atoms with Gasteiger partial charge in [0, 0.05) is 11.3 Å². The fraction of sp³-hybridized carbons (Fsp3) is 0.300. The van der Waals surface area contributed by atoms with Gasteiger partial charge in [0.05, 0.1) is 5.69 Å². The number of carbonyl (C=O) groups is 1. The number of benzene rings is 2. The van der Waals surface area contributed by atoms with Gasteiger partial charge in [0.25, 0.3) is 5.91 Å². The van der Waals surface area contributed by atoms with E-state index in [0.717, 1.165) is 11.4 Å². The third kappa shape index (κ3) is 3.64. The monoisotopic (exact) mass is 347 g/mol. The standard InChI is InChI=1S/C20H21N5O/c26-20(17-8-6-16(7-9-17)15-4-2-1-3-5-15)22-18-10-12-19(13-11-18)25-14-21-23-24-25/h6-15H,1-5H2,(H,22,26). The maximum Gasteiger partial charge on any atom is 0.255 e. The first-order chi connectivity index (χ1) is 12.8. The number of nitrogens with one attached hydrogen (secondary N) is 1. The lowest BCUT2D eigenvalue weighted by Crippen LogP contribution is -2.12. The lowest BCUT2D eigenvalue weighted by molar-refractivity contribution is 0.102. The van der Waals surface area contributed by atoms with E-state index >= 15 is 0 Å². The Hall–Kier alpha value is -3.02. The van der Waals surface area contributed by atoms with E-state index in [1.54, 1.807) is 4.68 Å². The van der Waals surface area contributed by atoms with Gasteiger partial charge in [0.2, 0.25) is 0 Å². The summed E-state index contributed by atoms with van der Waals surface area (Å²) in [6.07, 6.45) is 8.03. The highest BCUT2D eigenvalue weighted by Crippen LogP contribution is 2.32. The minimum Gasteiger partial charge on any atom is -0.322 e. The zero-order chi connectivity index (χ0) is 17.8. The number of hydrogen-bond acceptors (Lipinski definition) is 4. The van der Waals surface area contributed by atoms with Crippen LogP contribution in [0.3, 0.4) is 0 Å². The fourth-order valence-corrected chi connectivity index (χ4v) is 3.52. The molecule has 1 aliphatic rings. The summed E-state index contributed by atoms with van der Waals surface area (Å²) in [4.78, 5) is 12.5. The molecule has 6 heteroatoms. The number of rotatable bonds is 4. The van der Waals surface area contributed by atoms with Crippen LogP contribution < -0.4 is 5.32 Å². The first-order valence-corrected chi connectivity index (χ1v) is 9.04.